The zero-order chi connectivity index (χ0) is 20.5. The van der Waals surface area contributed by atoms with E-state index in [9.17, 15) is 18.3 Å². The first-order valence-electron chi connectivity index (χ1n) is 8.75. The van der Waals surface area contributed by atoms with Gasteiger partial charge in [-0.15, -0.1) is 0 Å². The van der Waals surface area contributed by atoms with Crippen LogP contribution in [0.4, 0.5) is 13.2 Å². The molecule has 2 aliphatic rings. The van der Waals surface area contributed by atoms with Crippen LogP contribution in [0, 0.1) is 0 Å². The second-order valence-corrected chi connectivity index (χ2v) is 7.95. The van der Waals surface area contributed by atoms with E-state index in [2.05, 4.69) is 4.99 Å². The molecule has 2 aliphatic heterocycles. The Hall–Kier alpha value is -1.49. The van der Waals surface area contributed by atoms with Crippen molar-refractivity contribution in [3.63, 3.8) is 0 Å². The number of hydrogen-bond acceptors (Lipinski definition) is 7. The van der Waals surface area contributed by atoms with E-state index in [1.165, 1.54) is 18.9 Å². The topological polar surface area (TPSA) is 63.5 Å². The lowest BCUT2D eigenvalue weighted by Gasteiger charge is -2.38. The quantitative estimate of drug-likeness (QED) is 0.790. The minimum absolute atomic E-state index is 0.196. The Bertz CT molecular complexity index is 699. The van der Waals surface area contributed by atoms with E-state index >= 15 is 0 Å². The fourth-order valence-corrected chi connectivity index (χ4v) is 4.29. The summed E-state index contributed by atoms with van der Waals surface area (Å²) < 4.78 is 56.9. The van der Waals surface area contributed by atoms with Gasteiger partial charge in [-0.25, -0.2) is 0 Å². The van der Waals surface area contributed by atoms with Crippen LogP contribution < -0.4 is 4.74 Å². The van der Waals surface area contributed by atoms with E-state index in [4.69, 9.17) is 14.2 Å². The molecule has 0 bridgehead atoms. The van der Waals surface area contributed by atoms with Gasteiger partial charge >= 0.3 is 6.18 Å². The van der Waals surface area contributed by atoms with Crippen molar-refractivity contribution in [2.24, 2.45) is 4.99 Å². The molecule has 0 unspecified atom stereocenters. The summed E-state index contributed by atoms with van der Waals surface area (Å²) in [4.78, 5) is 6.10. The number of aliphatic hydroxyl groups excluding tert-OH is 1. The minimum atomic E-state index is -4.63. The van der Waals surface area contributed by atoms with Gasteiger partial charge in [0, 0.05) is 20.5 Å². The number of aliphatic imine (C=N–C) groups is 1. The summed E-state index contributed by atoms with van der Waals surface area (Å²) in [5.41, 5.74) is -0.0849. The summed E-state index contributed by atoms with van der Waals surface area (Å²) >= 11 is 1.21. The van der Waals surface area contributed by atoms with E-state index in [0.29, 0.717) is 16.5 Å². The molecule has 1 N–H and O–H groups in total. The molecule has 1 aromatic carbocycles. The van der Waals surface area contributed by atoms with Crippen LogP contribution in [0.15, 0.2) is 29.3 Å². The molecule has 0 amide bonds. The van der Waals surface area contributed by atoms with E-state index < -0.39 is 36.0 Å². The molecule has 1 fully saturated rings. The van der Waals surface area contributed by atoms with Crippen molar-refractivity contribution in [2.75, 3.05) is 21.2 Å². The van der Waals surface area contributed by atoms with Crippen LogP contribution in [-0.2, 0) is 16.1 Å². The van der Waals surface area contributed by atoms with Crippen molar-refractivity contribution in [3.05, 3.63) is 29.8 Å². The fraction of sp³-hybridized carbons (Fsp3) is 0.611. The predicted octanol–water partition coefficient (Wildman–Crippen LogP) is 2.65. The Morgan fingerprint density at radius 2 is 2.00 bits per heavy atom. The van der Waals surface area contributed by atoms with Gasteiger partial charge in [-0.05, 0) is 17.7 Å². The maximum Gasteiger partial charge on any atom is 0.417 e. The number of thioether (sulfide) groups is 1. The number of nitrogens with zero attached hydrogens (tertiary/aromatic N) is 2. The van der Waals surface area contributed by atoms with Gasteiger partial charge in [0.05, 0.1) is 25.9 Å². The third-order valence-electron chi connectivity index (χ3n) is 4.57. The largest absolute Gasteiger partial charge is 0.497 e. The van der Waals surface area contributed by atoms with Crippen molar-refractivity contribution >= 4 is 16.9 Å². The van der Waals surface area contributed by atoms with Crippen LogP contribution in [0.1, 0.15) is 12.0 Å². The number of benzene rings is 1. The first kappa shape index (κ1) is 21.2. The summed E-state index contributed by atoms with van der Waals surface area (Å²) in [7, 11) is 5.07. The first-order chi connectivity index (χ1) is 13.2. The van der Waals surface area contributed by atoms with Crippen molar-refractivity contribution in [2.45, 2.75) is 49.0 Å². The van der Waals surface area contributed by atoms with E-state index in [-0.39, 0.29) is 13.0 Å². The number of amidine groups is 1. The predicted molar refractivity (Wildman–Crippen MR) is 99.4 cm³/mol. The van der Waals surface area contributed by atoms with Crippen LogP contribution >= 0.6 is 11.8 Å². The molecule has 0 saturated carbocycles. The van der Waals surface area contributed by atoms with Gasteiger partial charge in [0.1, 0.15) is 17.2 Å². The van der Waals surface area contributed by atoms with E-state index in [0.717, 1.165) is 0 Å². The zero-order valence-corrected chi connectivity index (χ0v) is 16.5. The highest BCUT2D eigenvalue weighted by atomic mass is 32.2. The van der Waals surface area contributed by atoms with E-state index in [1.807, 2.05) is 0 Å². The minimum Gasteiger partial charge on any atom is -0.497 e. The van der Waals surface area contributed by atoms with Gasteiger partial charge in [-0.3, -0.25) is 4.99 Å². The molecule has 0 aromatic heterocycles. The molecule has 156 valence electrons. The number of methoxy groups -OCH3 is 1. The Morgan fingerprint density at radius 3 is 2.57 bits per heavy atom. The maximum absolute atomic E-state index is 13.7. The third kappa shape index (κ3) is 4.73. The molecule has 10 heteroatoms. The molecule has 1 saturated heterocycles. The van der Waals surface area contributed by atoms with Gasteiger partial charge in [-0.2, -0.15) is 13.2 Å². The SMILES string of the molecule is COc1ccc(CO[C@@H]([C@@H]2C[C@H](O)[C@H]3N=C(N(C)C)S[C@H]3O2)C(F)(F)F)cc1. The summed E-state index contributed by atoms with van der Waals surface area (Å²) in [6, 6.07) is 6.02. The van der Waals surface area contributed by atoms with Crippen LogP contribution in [0.5, 0.6) is 5.75 Å². The van der Waals surface area contributed by atoms with E-state index in [1.54, 1.807) is 43.3 Å². The molecule has 3 rings (SSSR count). The molecule has 0 radical (unpaired) electrons. The smallest absolute Gasteiger partial charge is 0.417 e. The Balaban J connectivity index is 1.68. The van der Waals surface area contributed by atoms with Crippen LogP contribution in [0.2, 0.25) is 0 Å². The Morgan fingerprint density at radius 1 is 1.32 bits per heavy atom. The molecule has 0 aliphatic carbocycles. The molecule has 5 atom stereocenters. The fourth-order valence-electron chi connectivity index (χ4n) is 3.11. The lowest BCUT2D eigenvalue weighted by Crippen LogP contribution is -2.53. The molecule has 6 nitrogen and oxygen atoms in total. The number of aliphatic hydroxyl groups is 1. The number of hydrogen-bond donors (Lipinski definition) is 1. The van der Waals surface area contributed by atoms with Crippen LogP contribution in [0.25, 0.3) is 0 Å². The summed E-state index contributed by atoms with van der Waals surface area (Å²) in [6.07, 6.45) is -9.30. The number of alkyl halides is 3. The molecule has 0 spiro atoms. The third-order valence-corrected chi connectivity index (χ3v) is 5.87. The van der Waals surface area contributed by atoms with Crippen LogP contribution in [-0.4, -0.2) is 72.3 Å². The number of halogens is 3. The highest BCUT2D eigenvalue weighted by Crippen LogP contribution is 2.40. The Kier molecular flexibility index (Phi) is 6.43. The average molecular weight is 420 g/mol. The van der Waals surface area contributed by atoms with Gasteiger partial charge in [0.25, 0.3) is 0 Å². The van der Waals surface area contributed by atoms with Crippen molar-refractivity contribution < 1.29 is 32.5 Å². The lowest BCUT2D eigenvalue weighted by molar-refractivity contribution is -0.267. The summed E-state index contributed by atoms with van der Waals surface area (Å²) in [6.45, 7) is -0.231. The zero-order valence-electron chi connectivity index (χ0n) is 15.7. The van der Waals surface area contributed by atoms with Gasteiger partial charge in [0.15, 0.2) is 11.3 Å². The number of fused-ring (bicyclic) bond motifs is 1. The average Bonchev–Trinajstić information content (AvgIpc) is 3.06. The standard InChI is InChI=1S/C18H23F3N2O4S/c1-23(2)17-22-14-12(24)8-13(27-16(14)28-17)15(18(19,20)21)26-9-10-4-6-11(25-3)7-5-10/h4-7,12-16,24H,8-9H2,1-3H3/t12-,13-,14+,15-,16+/m0/s1. The van der Waals surface area contributed by atoms with Gasteiger partial charge in [0.2, 0.25) is 0 Å². The van der Waals surface area contributed by atoms with Crippen molar-refractivity contribution in [3.8, 4) is 5.75 Å². The highest BCUT2D eigenvalue weighted by Gasteiger charge is 2.53. The molecule has 28 heavy (non-hydrogen) atoms. The molecular weight excluding hydrogens is 397 g/mol. The summed E-state index contributed by atoms with van der Waals surface area (Å²) in [5.74, 6) is 0.607. The second-order valence-electron chi connectivity index (χ2n) is 6.88. The van der Waals surface area contributed by atoms with Crippen molar-refractivity contribution in [1.29, 1.82) is 0 Å². The lowest BCUT2D eigenvalue weighted by atomic mass is 9.97. The van der Waals surface area contributed by atoms with Crippen molar-refractivity contribution in [1.82, 2.24) is 4.90 Å². The first-order valence-corrected chi connectivity index (χ1v) is 9.63. The second kappa shape index (κ2) is 8.48. The normalized spacial score (nSPS) is 28.5. The highest BCUT2D eigenvalue weighted by molar-refractivity contribution is 8.14. The molecular formula is C18H23F3N2O4S. The monoisotopic (exact) mass is 420 g/mol. The molecule has 2 heterocycles. The molecule has 1 aromatic rings. The van der Waals surface area contributed by atoms with Crippen LogP contribution in [0.3, 0.4) is 0 Å². The van der Waals surface area contributed by atoms with Gasteiger partial charge < -0.3 is 24.2 Å². The maximum atomic E-state index is 13.7. The van der Waals surface area contributed by atoms with Gasteiger partial charge in [-0.1, -0.05) is 23.9 Å². The summed E-state index contributed by atoms with van der Waals surface area (Å²) in [5, 5.41) is 11.0. The Labute approximate surface area is 165 Å². The number of ether oxygens (including phenoxy) is 3. The number of rotatable bonds is 5.